The molecule has 1 aliphatic carbocycles. The monoisotopic (exact) mass is 316 g/mol. The number of hydrogen-bond acceptors (Lipinski definition) is 2. The highest BCUT2D eigenvalue weighted by Crippen LogP contribution is 2.33. The molecule has 0 aromatic heterocycles. The van der Waals surface area contributed by atoms with Crippen molar-refractivity contribution in [1.29, 1.82) is 0 Å². The van der Waals surface area contributed by atoms with Gasteiger partial charge >= 0.3 is 0 Å². The summed E-state index contributed by atoms with van der Waals surface area (Å²) >= 11 is 5.22. The van der Waals surface area contributed by atoms with E-state index < -0.39 is 17.5 Å². The zero-order valence-corrected chi connectivity index (χ0v) is 12.8. The fourth-order valence-electron chi connectivity index (χ4n) is 2.89. The quantitative estimate of drug-likeness (QED) is 0.542. The molecule has 0 saturated heterocycles. The minimum absolute atomic E-state index is 0.0768. The van der Waals surface area contributed by atoms with E-state index in [1.807, 2.05) is 0 Å². The number of ether oxygens (including phenoxy) is 1. The summed E-state index contributed by atoms with van der Waals surface area (Å²) in [7, 11) is 0. The second kappa shape index (κ2) is 7.25. The lowest BCUT2D eigenvalue weighted by Crippen LogP contribution is -2.24. The summed E-state index contributed by atoms with van der Waals surface area (Å²) in [5, 5.41) is 0.343. The van der Waals surface area contributed by atoms with Gasteiger partial charge in [-0.25, -0.2) is 13.2 Å². The van der Waals surface area contributed by atoms with Crippen molar-refractivity contribution in [3.8, 4) is 5.75 Å². The molecule has 1 aromatic carbocycles. The van der Waals surface area contributed by atoms with Crippen LogP contribution in [0.5, 0.6) is 5.75 Å². The van der Waals surface area contributed by atoms with E-state index in [4.69, 9.17) is 17.0 Å². The van der Waals surface area contributed by atoms with Crippen LogP contribution in [-0.4, -0.2) is 5.05 Å². The maximum Gasteiger partial charge on any atom is 0.194 e. The van der Waals surface area contributed by atoms with Gasteiger partial charge in [0.25, 0.3) is 0 Å². The van der Waals surface area contributed by atoms with Crippen molar-refractivity contribution in [1.82, 2.24) is 0 Å². The molecule has 0 spiro atoms. The van der Waals surface area contributed by atoms with E-state index in [9.17, 15) is 13.2 Å². The predicted molar refractivity (Wildman–Crippen MR) is 79.9 cm³/mol. The Morgan fingerprint density at radius 1 is 1.14 bits per heavy atom. The Labute approximate surface area is 128 Å². The van der Waals surface area contributed by atoms with Crippen LogP contribution < -0.4 is 4.74 Å². The number of benzene rings is 1. The SMILES string of the molecule is CCCC1CCC(C(=S)Oc2cc(F)c(F)c(F)c2)CC1. The van der Waals surface area contributed by atoms with Gasteiger partial charge in [0.1, 0.15) is 5.75 Å². The van der Waals surface area contributed by atoms with Crippen LogP contribution in [0.4, 0.5) is 13.2 Å². The molecule has 0 unspecified atom stereocenters. The van der Waals surface area contributed by atoms with Crippen LogP contribution in [0.1, 0.15) is 45.4 Å². The van der Waals surface area contributed by atoms with E-state index in [0.717, 1.165) is 43.7 Å². The molecule has 2 rings (SSSR count). The molecular formula is C16H19F3OS. The molecule has 5 heteroatoms. The van der Waals surface area contributed by atoms with E-state index in [1.54, 1.807) is 0 Å². The molecular weight excluding hydrogens is 297 g/mol. The molecule has 0 aliphatic heterocycles. The topological polar surface area (TPSA) is 9.23 Å². The van der Waals surface area contributed by atoms with Gasteiger partial charge in [0.05, 0.1) is 0 Å². The predicted octanol–water partition coefficient (Wildman–Crippen LogP) is 5.42. The lowest BCUT2D eigenvalue weighted by Gasteiger charge is -2.28. The first-order valence-corrected chi connectivity index (χ1v) is 7.78. The van der Waals surface area contributed by atoms with Gasteiger partial charge in [-0.3, -0.25) is 0 Å². The van der Waals surface area contributed by atoms with Crippen LogP contribution in [0, 0.1) is 29.3 Å². The first kappa shape index (κ1) is 16.3. The number of halogens is 3. The summed E-state index contributed by atoms with van der Waals surface area (Å²) in [5.74, 6) is -3.22. The minimum Gasteiger partial charge on any atom is -0.450 e. The van der Waals surface area contributed by atoms with Gasteiger partial charge < -0.3 is 4.74 Å². The maximum atomic E-state index is 13.1. The third-order valence-electron chi connectivity index (χ3n) is 4.05. The molecule has 0 radical (unpaired) electrons. The standard InChI is InChI=1S/C16H19F3OS/c1-2-3-10-4-6-11(7-5-10)16(21)20-12-8-13(17)15(19)14(18)9-12/h8-11H,2-7H2,1H3. The Hall–Kier alpha value is -1.10. The molecule has 1 saturated carbocycles. The number of hydrogen-bond donors (Lipinski definition) is 0. The Balaban J connectivity index is 1.93. The lowest BCUT2D eigenvalue weighted by molar-refractivity contribution is 0.291. The Bertz CT molecular complexity index is 487. The molecule has 0 amide bonds. The molecule has 1 aliphatic rings. The van der Waals surface area contributed by atoms with Gasteiger partial charge in [0.2, 0.25) is 0 Å². The van der Waals surface area contributed by atoms with Crippen LogP contribution in [0.2, 0.25) is 0 Å². The fourth-order valence-corrected chi connectivity index (χ4v) is 3.22. The second-order valence-corrected chi connectivity index (χ2v) is 6.03. The van der Waals surface area contributed by atoms with Gasteiger partial charge in [-0.1, -0.05) is 19.8 Å². The van der Waals surface area contributed by atoms with E-state index in [1.165, 1.54) is 12.8 Å². The van der Waals surface area contributed by atoms with Crippen molar-refractivity contribution < 1.29 is 17.9 Å². The molecule has 116 valence electrons. The number of thiocarbonyl (C=S) groups is 1. The van der Waals surface area contributed by atoms with E-state index in [0.29, 0.717) is 5.05 Å². The zero-order chi connectivity index (χ0) is 15.4. The van der Waals surface area contributed by atoms with E-state index >= 15 is 0 Å². The molecule has 1 nitrogen and oxygen atoms in total. The molecule has 0 atom stereocenters. The molecule has 0 N–H and O–H groups in total. The largest absolute Gasteiger partial charge is 0.450 e. The van der Waals surface area contributed by atoms with Gasteiger partial charge in [-0.15, -0.1) is 0 Å². The average molecular weight is 316 g/mol. The Kier molecular flexibility index (Phi) is 5.62. The van der Waals surface area contributed by atoms with Crippen molar-refractivity contribution in [3.05, 3.63) is 29.6 Å². The highest BCUT2D eigenvalue weighted by atomic mass is 32.1. The van der Waals surface area contributed by atoms with Gasteiger partial charge in [-0.2, -0.15) is 0 Å². The lowest BCUT2D eigenvalue weighted by atomic mass is 9.80. The highest BCUT2D eigenvalue weighted by Gasteiger charge is 2.25. The smallest absolute Gasteiger partial charge is 0.194 e. The molecule has 0 heterocycles. The first-order valence-electron chi connectivity index (χ1n) is 7.37. The van der Waals surface area contributed by atoms with Crippen LogP contribution in [-0.2, 0) is 0 Å². The first-order chi connectivity index (χ1) is 10.0. The van der Waals surface area contributed by atoms with Crippen molar-refractivity contribution in [2.45, 2.75) is 45.4 Å². The second-order valence-electron chi connectivity index (χ2n) is 5.63. The Morgan fingerprint density at radius 3 is 2.24 bits per heavy atom. The summed E-state index contributed by atoms with van der Waals surface area (Å²) in [5.41, 5.74) is 0. The molecule has 0 bridgehead atoms. The highest BCUT2D eigenvalue weighted by molar-refractivity contribution is 7.80. The van der Waals surface area contributed by atoms with Crippen molar-refractivity contribution in [2.24, 2.45) is 11.8 Å². The zero-order valence-electron chi connectivity index (χ0n) is 12.0. The Morgan fingerprint density at radius 2 is 1.71 bits per heavy atom. The normalized spacial score (nSPS) is 22.1. The molecule has 21 heavy (non-hydrogen) atoms. The van der Waals surface area contributed by atoms with Crippen LogP contribution >= 0.6 is 12.2 Å². The summed E-state index contributed by atoms with van der Waals surface area (Å²) in [4.78, 5) is 0. The van der Waals surface area contributed by atoms with Crippen molar-refractivity contribution >= 4 is 17.3 Å². The van der Waals surface area contributed by atoms with E-state index in [2.05, 4.69) is 6.92 Å². The third kappa shape index (κ3) is 4.19. The van der Waals surface area contributed by atoms with Crippen LogP contribution in [0.25, 0.3) is 0 Å². The van der Waals surface area contributed by atoms with Crippen molar-refractivity contribution in [3.63, 3.8) is 0 Å². The summed E-state index contributed by atoms with van der Waals surface area (Å²) < 4.78 is 44.5. The fraction of sp³-hybridized carbons (Fsp3) is 0.562. The third-order valence-corrected chi connectivity index (χ3v) is 4.47. The van der Waals surface area contributed by atoms with Crippen LogP contribution in [0.15, 0.2) is 12.1 Å². The summed E-state index contributed by atoms with van der Waals surface area (Å²) in [6, 6.07) is 1.65. The van der Waals surface area contributed by atoms with Gasteiger partial charge in [0.15, 0.2) is 22.5 Å². The van der Waals surface area contributed by atoms with Crippen molar-refractivity contribution in [2.75, 3.05) is 0 Å². The summed E-state index contributed by atoms with van der Waals surface area (Å²) in [6.45, 7) is 2.18. The number of rotatable bonds is 4. The molecule has 1 aromatic rings. The van der Waals surface area contributed by atoms with Gasteiger partial charge in [0, 0.05) is 18.1 Å². The minimum atomic E-state index is -1.49. The summed E-state index contributed by atoms with van der Waals surface area (Å²) in [6.07, 6.45) is 6.51. The maximum absolute atomic E-state index is 13.1. The van der Waals surface area contributed by atoms with Gasteiger partial charge in [-0.05, 0) is 43.8 Å². The van der Waals surface area contributed by atoms with E-state index in [-0.39, 0.29) is 11.7 Å². The molecule has 1 fully saturated rings. The van der Waals surface area contributed by atoms with Crippen LogP contribution in [0.3, 0.4) is 0 Å². The average Bonchev–Trinajstić information content (AvgIpc) is 2.45.